The van der Waals surface area contributed by atoms with Gasteiger partial charge in [-0.05, 0) is 135 Å². The lowest BCUT2D eigenvalue weighted by molar-refractivity contribution is -0.161. The van der Waals surface area contributed by atoms with Crippen molar-refractivity contribution in [1.82, 2.24) is 0 Å². The molecule has 0 aromatic rings. The summed E-state index contributed by atoms with van der Waals surface area (Å²) in [7, 11) is -9.94. The molecular weight excluding hydrogens is 1260 g/mol. The van der Waals surface area contributed by atoms with E-state index in [4.69, 9.17) is 37.0 Å². The fourth-order valence-corrected chi connectivity index (χ4v) is 11.6. The maximum absolute atomic E-state index is 13.1. The number of aliphatic hydroxyl groups excluding tert-OH is 1. The van der Waals surface area contributed by atoms with E-state index in [1.54, 1.807) is 0 Å². The Kier molecular flexibility index (Phi) is 67.0. The highest BCUT2D eigenvalue weighted by molar-refractivity contribution is 7.47. The van der Waals surface area contributed by atoms with Crippen LogP contribution in [0.2, 0.25) is 0 Å². The zero-order chi connectivity index (χ0) is 70.4. The molecule has 0 aromatic carbocycles. The number of aliphatic hydroxyl groups is 1. The zero-order valence-corrected chi connectivity index (χ0v) is 62.3. The molecule has 0 radical (unpaired) electrons. The van der Waals surface area contributed by atoms with Gasteiger partial charge in [-0.1, -0.05) is 248 Å². The first-order valence-electron chi connectivity index (χ1n) is 37.8. The Balaban J connectivity index is 5.31. The molecule has 0 aromatic heterocycles. The summed E-state index contributed by atoms with van der Waals surface area (Å²) in [5.41, 5.74) is 0. The summed E-state index contributed by atoms with van der Waals surface area (Å²) in [6.45, 7) is 4.67. The second-order valence-electron chi connectivity index (χ2n) is 25.2. The number of rotatable bonds is 71. The maximum atomic E-state index is 13.1. The highest BCUT2D eigenvalue weighted by Crippen LogP contribution is 2.45. The molecule has 17 nitrogen and oxygen atoms in total. The smallest absolute Gasteiger partial charge is 0.462 e. The highest BCUT2D eigenvalue weighted by Gasteiger charge is 2.30. The van der Waals surface area contributed by atoms with Crippen LogP contribution in [0.5, 0.6) is 0 Å². The van der Waals surface area contributed by atoms with Crippen molar-refractivity contribution in [2.45, 2.75) is 341 Å². The van der Waals surface area contributed by atoms with Gasteiger partial charge in [-0.3, -0.25) is 37.3 Å². The average Bonchev–Trinajstić information content (AvgIpc) is 1.17. The fraction of sp³-hybridized carbons (Fsp3) is 0.766. The molecule has 0 aliphatic rings. The van der Waals surface area contributed by atoms with Crippen LogP contribution in [0.25, 0.3) is 0 Å². The SMILES string of the molecule is CC/C=C\C/C=C\C/C=C\C/C=C\CCCCCCCCC(=O)OCC(COP(=O)(O)OCC(O)COP(=O)(O)OCC(COC(=O)CCCCCCC/C=C\CCCCCC)OC(=O)CCCCCCC/C=C\CCCC)OC(=O)CCCCCCC/C=C\CCCCCC. The number of phosphoric acid groups is 2. The molecule has 0 fully saturated rings. The van der Waals surface area contributed by atoms with Gasteiger partial charge in [0.05, 0.1) is 26.4 Å². The summed E-state index contributed by atoms with van der Waals surface area (Å²) in [4.78, 5) is 72.7. The van der Waals surface area contributed by atoms with E-state index in [-0.39, 0.29) is 25.7 Å². The number of hydrogen-bond donors (Lipinski definition) is 3. The van der Waals surface area contributed by atoms with Gasteiger partial charge in [0.1, 0.15) is 19.3 Å². The lowest BCUT2D eigenvalue weighted by Crippen LogP contribution is -2.30. The molecular formula is C77H136O17P2. The normalized spacial score (nSPS) is 14.4. The summed E-state index contributed by atoms with van der Waals surface area (Å²) >= 11 is 0. The molecule has 0 saturated heterocycles. The quantitative estimate of drug-likeness (QED) is 0.0169. The van der Waals surface area contributed by atoms with Crippen molar-refractivity contribution in [2.24, 2.45) is 0 Å². The molecule has 556 valence electrons. The van der Waals surface area contributed by atoms with Crippen LogP contribution in [0, 0.1) is 0 Å². The van der Waals surface area contributed by atoms with E-state index in [1.165, 1.54) is 64.2 Å². The monoisotopic (exact) mass is 1390 g/mol. The minimum absolute atomic E-state index is 0.0823. The maximum Gasteiger partial charge on any atom is 0.472 e. The topological polar surface area (TPSA) is 237 Å². The van der Waals surface area contributed by atoms with Crippen LogP contribution in [0.3, 0.4) is 0 Å². The molecule has 0 spiro atoms. The molecule has 19 heteroatoms. The lowest BCUT2D eigenvalue weighted by Gasteiger charge is -2.21. The van der Waals surface area contributed by atoms with Gasteiger partial charge >= 0.3 is 39.5 Å². The van der Waals surface area contributed by atoms with Crippen LogP contribution in [0.4, 0.5) is 0 Å². The Morgan fingerprint density at radius 2 is 0.552 bits per heavy atom. The molecule has 0 rings (SSSR count). The number of esters is 4. The van der Waals surface area contributed by atoms with Gasteiger partial charge in [0, 0.05) is 25.7 Å². The number of carbonyl (C=O) groups is 4. The molecule has 0 bridgehead atoms. The van der Waals surface area contributed by atoms with Gasteiger partial charge in [-0.2, -0.15) is 0 Å². The molecule has 3 N–H and O–H groups in total. The van der Waals surface area contributed by atoms with Gasteiger partial charge in [0.15, 0.2) is 12.2 Å². The van der Waals surface area contributed by atoms with E-state index in [0.29, 0.717) is 25.7 Å². The summed E-state index contributed by atoms with van der Waals surface area (Å²) in [5.74, 6) is -2.20. The van der Waals surface area contributed by atoms with Crippen molar-refractivity contribution in [1.29, 1.82) is 0 Å². The zero-order valence-electron chi connectivity index (χ0n) is 60.5. The first-order valence-corrected chi connectivity index (χ1v) is 40.8. The largest absolute Gasteiger partial charge is 0.472 e. The van der Waals surface area contributed by atoms with Crippen LogP contribution in [-0.2, 0) is 65.4 Å². The molecule has 0 saturated carbocycles. The van der Waals surface area contributed by atoms with Crippen molar-refractivity contribution in [2.75, 3.05) is 39.6 Å². The van der Waals surface area contributed by atoms with Crippen molar-refractivity contribution in [3.63, 3.8) is 0 Å². The van der Waals surface area contributed by atoms with E-state index in [2.05, 4.69) is 113 Å². The second-order valence-corrected chi connectivity index (χ2v) is 28.1. The Hall–Kier alpha value is -3.76. The van der Waals surface area contributed by atoms with E-state index >= 15 is 0 Å². The number of allylic oxidation sites excluding steroid dienone is 14. The Labute approximate surface area is 583 Å². The molecule has 5 atom stereocenters. The summed E-state index contributed by atoms with van der Waals surface area (Å²) < 4.78 is 68.4. The predicted octanol–water partition coefficient (Wildman–Crippen LogP) is 21.4. The predicted molar refractivity (Wildman–Crippen MR) is 390 cm³/mol. The molecule has 0 heterocycles. The lowest BCUT2D eigenvalue weighted by atomic mass is 10.1. The van der Waals surface area contributed by atoms with Gasteiger partial charge in [-0.15, -0.1) is 0 Å². The van der Waals surface area contributed by atoms with Crippen LogP contribution < -0.4 is 0 Å². The molecule has 5 unspecified atom stereocenters. The minimum Gasteiger partial charge on any atom is -0.462 e. The highest BCUT2D eigenvalue weighted by atomic mass is 31.2. The first kappa shape index (κ1) is 92.2. The van der Waals surface area contributed by atoms with Gasteiger partial charge in [-0.25, -0.2) is 9.13 Å². The molecule has 0 aliphatic heterocycles. The third-order valence-electron chi connectivity index (χ3n) is 15.8. The standard InChI is InChI=1S/C77H136O17P2/c1-5-9-13-17-21-25-29-32-33-34-35-36-37-40-43-46-50-54-58-62-75(80)88-68-73(94-77(82)64-60-56-52-48-44-39-31-27-23-19-15-11-7-3)70-92-96(85,86)90-66-71(78)65-89-95(83,84)91-69-72(93-76(81)63-59-55-51-47-41-28-24-20-16-12-8-4)67-87-74(79)61-57-53-49-45-42-38-30-26-22-18-14-10-6-2/h9,13,20-21,24-27,30-33,35-36,71-73,78H,5-8,10-12,14-19,22-23,28-29,34,37-70H2,1-4H3,(H,83,84)(H,85,86)/b13-9-,24-20-,25-21-,30-26-,31-27-,33-32-,36-35-. The molecule has 0 amide bonds. The van der Waals surface area contributed by atoms with Crippen molar-refractivity contribution in [3.05, 3.63) is 85.1 Å². The second kappa shape index (κ2) is 69.7. The minimum atomic E-state index is -4.97. The van der Waals surface area contributed by atoms with Crippen LogP contribution in [-0.4, -0.2) is 96.7 Å². The van der Waals surface area contributed by atoms with Gasteiger partial charge in [0.2, 0.25) is 0 Å². The average molecular weight is 1400 g/mol. The molecule has 0 aliphatic carbocycles. The third-order valence-corrected chi connectivity index (χ3v) is 17.7. The van der Waals surface area contributed by atoms with Crippen LogP contribution in [0.1, 0.15) is 323 Å². The van der Waals surface area contributed by atoms with Crippen LogP contribution >= 0.6 is 15.6 Å². The van der Waals surface area contributed by atoms with E-state index in [9.17, 15) is 43.2 Å². The Morgan fingerprint density at radius 3 is 0.875 bits per heavy atom. The summed E-state index contributed by atoms with van der Waals surface area (Å²) in [6.07, 6.45) is 70.1. The third kappa shape index (κ3) is 68.8. The summed E-state index contributed by atoms with van der Waals surface area (Å²) in [5, 5.41) is 10.6. The fourth-order valence-electron chi connectivity index (χ4n) is 10.0. The number of carbonyl (C=O) groups excluding carboxylic acids is 4. The molecule has 96 heavy (non-hydrogen) atoms. The number of ether oxygens (including phenoxy) is 4. The van der Waals surface area contributed by atoms with Gasteiger partial charge < -0.3 is 33.8 Å². The first-order chi connectivity index (χ1) is 46.7. The summed E-state index contributed by atoms with van der Waals surface area (Å²) in [6, 6.07) is 0. The van der Waals surface area contributed by atoms with E-state index in [0.717, 1.165) is 180 Å². The Bertz CT molecular complexity index is 2160. The Morgan fingerprint density at radius 1 is 0.302 bits per heavy atom. The number of unbranched alkanes of at least 4 members (excludes halogenated alkanes) is 31. The van der Waals surface area contributed by atoms with Crippen molar-refractivity contribution in [3.8, 4) is 0 Å². The van der Waals surface area contributed by atoms with Crippen molar-refractivity contribution < 1.29 is 80.2 Å². The van der Waals surface area contributed by atoms with Crippen LogP contribution in [0.15, 0.2) is 85.1 Å². The van der Waals surface area contributed by atoms with Crippen molar-refractivity contribution >= 4 is 39.5 Å². The number of hydrogen-bond acceptors (Lipinski definition) is 15. The van der Waals surface area contributed by atoms with E-state index < -0.39 is 97.5 Å². The van der Waals surface area contributed by atoms with Gasteiger partial charge in [0.25, 0.3) is 0 Å². The number of phosphoric ester groups is 2. The van der Waals surface area contributed by atoms with E-state index in [1.807, 2.05) is 0 Å².